The fourth-order valence-electron chi connectivity index (χ4n) is 4.00. The number of hydrogen-bond donors (Lipinski definition) is 2. The van der Waals surface area contributed by atoms with Gasteiger partial charge in [-0.2, -0.15) is 5.10 Å². The predicted molar refractivity (Wildman–Crippen MR) is 121 cm³/mol. The molecule has 3 heterocycles. The van der Waals surface area contributed by atoms with Crippen molar-refractivity contribution in [1.82, 2.24) is 29.7 Å². The van der Waals surface area contributed by atoms with Gasteiger partial charge in [-0.15, -0.1) is 0 Å². The Labute approximate surface area is 187 Å². The maximum Gasteiger partial charge on any atom is 0.148 e. The summed E-state index contributed by atoms with van der Waals surface area (Å²) in [5.41, 5.74) is 4.55. The quantitative estimate of drug-likeness (QED) is 0.410. The topological polar surface area (TPSA) is 102 Å². The van der Waals surface area contributed by atoms with Crippen LogP contribution in [0.4, 0.5) is 0 Å². The molecule has 160 valence electrons. The van der Waals surface area contributed by atoms with Gasteiger partial charge in [-0.1, -0.05) is 11.6 Å². The number of nitrogens with zero attached hydrogens (tertiary/aromatic N) is 5. The number of aliphatic hydroxyl groups excluding tert-OH is 1. The van der Waals surface area contributed by atoms with Gasteiger partial charge in [0.25, 0.3) is 0 Å². The van der Waals surface area contributed by atoms with Crippen LogP contribution < -0.4 is 4.74 Å². The number of aliphatic hydroxyl groups is 1. The van der Waals surface area contributed by atoms with Gasteiger partial charge in [-0.05, 0) is 44.0 Å². The van der Waals surface area contributed by atoms with Crippen molar-refractivity contribution in [3.05, 3.63) is 59.8 Å². The molecule has 0 unspecified atom stereocenters. The lowest BCUT2D eigenvalue weighted by atomic mass is 9.90. The molecule has 1 aliphatic rings. The van der Waals surface area contributed by atoms with Crippen molar-refractivity contribution in [3.63, 3.8) is 0 Å². The Morgan fingerprint density at radius 2 is 1.97 bits per heavy atom. The highest BCUT2D eigenvalue weighted by Crippen LogP contribution is 2.36. The highest BCUT2D eigenvalue weighted by Gasteiger charge is 2.29. The summed E-state index contributed by atoms with van der Waals surface area (Å²) in [5, 5.41) is 14.4. The molecule has 2 N–H and O–H groups in total. The summed E-state index contributed by atoms with van der Waals surface area (Å²) < 4.78 is 7.94. The van der Waals surface area contributed by atoms with Crippen LogP contribution in [0.2, 0.25) is 5.02 Å². The molecule has 0 radical (unpaired) electrons. The van der Waals surface area contributed by atoms with Gasteiger partial charge in [-0.3, -0.25) is 9.67 Å². The molecule has 0 spiro atoms. The molecule has 0 bridgehead atoms. The zero-order valence-corrected chi connectivity index (χ0v) is 17.9. The molecule has 8 nitrogen and oxygen atoms in total. The third kappa shape index (κ3) is 3.28. The molecule has 6 rings (SSSR count). The number of halogens is 1. The number of aryl methyl sites for hydroxylation is 1. The van der Waals surface area contributed by atoms with Gasteiger partial charge in [0, 0.05) is 17.8 Å². The third-order valence-electron chi connectivity index (χ3n) is 5.78. The summed E-state index contributed by atoms with van der Waals surface area (Å²) in [7, 11) is 0. The molecule has 3 aromatic heterocycles. The van der Waals surface area contributed by atoms with E-state index in [4.69, 9.17) is 21.3 Å². The molecule has 1 aliphatic carbocycles. The number of H-pyrrole nitrogens is 1. The molecule has 1 fully saturated rings. The minimum absolute atomic E-state index is 0.228. The Balaban J connectivity index is 1.33. The van der Waals surface area contributed by atoms with E-state index in [1.54, 1.807) is 18.5 Å². The van der Waals surface area contributed by atoms with E-state index in [-0.39, 0.29) is 12.1 Å². The molecule has 1 saturated carbocycles. The molecule has 0 saturated heterocycles. The van der Waals surface area contributed by atoms with E-state index in [2.05, 4.69) is 20.1 Å². The van der Waals surface area contributed by atoms with E-state index < -0.39 is 0 Å². The van der Waals surface area contributed by atoms with Crippen LogP contribution >= 0.6 is 11.6 Å². The summed E-state index contributed by atoms with van der Waals surface area (Å²) in [5.74, 6) is 2.00. The molecule has 0 amide bonds. The van der Waals surface area contributed by atoms with E-state index in [1.165, 1.54) is 0 Å². The number of aromatic amines is 1. The molecule has 2 aromatic carbocycles. The average molecular weight is 447 g/mol. The van der Waals surface area contributed by atoms with Crippen LogP contribution in [0.5, 0.6) is 11.5 Å². The second kappa shape index (κ2) is 7.29. The van der Waals surface area contributed by atoms with E-state index in [9.17, 15) is 5.11 Å². The first-order chi connectivity index (χ1) is 15.5. The van der Waals surface area contributed by atoms with Gasteiger partial charge in [0.1, 0.15) is 27.9 Å². The van der Waals surface area contributed by atoms with Crippen molar-refractivity contribution >= 4 is 33.7 Å². The van der Waals surface area contributed by atoms with Crippen molar-refractivity contribution in [2.24, 2.45) is 0 Å². The number of nitrogens with one attached hydrogen (secondary N) is 1. The van der Waals surface area contributed by atoms with Crippen LogP contribution in [-0.2, 0) is 0 Å². The smallest absolute Gasteiger partial charge is 0.148 e. The Kier molecular flexibility index (Phi) is 4.38. The molecule has 5 aromatic rings. The summed E-state index contributed by atoms with van der Waals surface area (Å²) in [6, 6.07) is 9.51. The predicted octanol–water partition coefficient (Wildman–Crippen LogP) is 4.82. The van der Waals surface area contributed by atoms with E-state index in [0.717, 1.165) is 35.3 Å². The van der Waals surface area contributed by atoms with Crippen LogP contribution in [0, 0.1) is 6.92 Å². The zero-order chi connectivity index (χ0) is 21.8. The fraction of sp³-hybridized carbons (Fsp3) is 0.217. The Bertz CT molecular complexity index is 1470. The first-order valence-electron chi connectivity index (χ1n) is 10.4. The van der Waals surface area contributed by atoms with Gasteiger partial charge < -0.3 is 14.8 Å². The van der Waals surface area contributed by atoms with Gasteiger partial charge in [0.2, 0.25) is 0 Å². The number of fused-ring (bicyclic) bond motifs is 2. The van der Waals surface area contributed by atoms with E-state index >= 15 is 0 Å². The second-order valence-electron chi connectivity index (χ2n) is 8.09. The standard InChI is InChI=1S/C23H19ClN6O2/c1-12-27-17-3-2-16(8-19(17)28-12)32-21-5-4-18-23(22(21)24)29-20(10-25-18)13-9-26-30(11-13)14-6-15(31)7-14/h2-5,8-11,14-15,31H,6-7H2,1H3,(H,27,28)/t14-,15-. The Morgan fingerprint density at radius 3 is 2.81 bits per heavy atom. The number of ether oxygens (including phenoxy) is 1. The molecular formula is C23H19ClN6O2. The summed E-state index contributed by atoms with van der Waals surface area (Å²) in [6.07, 6.45) is 6.62. The highest BCUT2D eigenvalue weighted by molar-refractivity contribution is 6.36. The molecule has 9 heteroatoms. The number of hydrogen-bond acceptors (Lipinski definition) is 6. The van der Waals surface area contributed by atoms with Crippen molar-refractivity contribution in [1.29, 1.82) is 0 Å². The van der Waals surface area contributed by atoms with Crippen LogP contribution in [-0.4, -0.2) is 40.9 Å². The van der Waals surface area contributed by atoms with Crippen LogP contribution in [0.3, 0.4) is 0 Å². The molecular weight excluding hydrogens is 428 g/mol. The third-order valence-corrected chi connectivity index (χ3v) is 6.14. The SMILES string of the molecule is Cc1nc2ccc(Oc3ccc4ncc(-c5cnn([C@H]6C[C@H](O)C6)c5)nc4c3Cl)cc2[nH]1. The zero-order valence-electron chi connectivity index (χ0n) is 17.2. The number of benzene rings is 2. The Morgan fingerprint density at radius 1 is 1.12 bits per heavy atom. The fourth-order valence-corrected chi connectivity index (χ4v) is 4.24. The first kappa shape index (κ1) is 19.2. The average Bonchev–Trinajstić information content (AvgIpc) is 3.39. The number of imidazole rings is 1. The van der Waals surface area contributed by atoms with Crippen molar-refractivity contribution < 1.29 is 9.84 Å². The summed E-state index contributed by atoms with van der Waals surface area (Å²) in [6.45, 7) is 1.91. The second-order valence-corrected chi connectivity index (χ2v) is 8.47. The largest absolute Gasteiger partial charge is 0.456 e. The monoisotopic (exact) mass is 446 g/mol. The van der Waals surface area contributed by atoms with Crippen molar-refractivity contribution in [3.8, 4) is 22.8 Å². The normalized spacial score (nSPS) is 18.2. The minimum Gasteiger partial charge on any atom is -0.456 e. The van der Waals surface area contributed by atoms with Crippen molar-refractivity contribution in [2.45, 2.75) is 31.9 Å². The summed E-state index contributed by atoms with van der Waals surface area (Å²) in [4.78, 5) is 16.9. The van der Waals surface area contributed by atoms with Crippen molar-refractivity contribution in [2.75, 3.05) is 0 Å². The van der Waals surface area contributed by atoms with Gasteiger partial charge in [0.15, 0.2) is 0 Å². The minimum atomic E-state index is -0.233. The van der Waals surface area contributed by atoms with Crippen LogP contribution in [0.15, 0.2) is 48.9 Å². The summed E-state index contributed by atoms with van der Waals surface area (Å²) >= 11 is 6.68. The molecule has 0 atom stereocenters. The maximum absolute atomic E-state index is 9.54. The maximum atomic E-state index is 9.54. The number of aromatic nitrogens is 6. The van der Waals surface area contributed by atoms with Gasteiger partial charge in [0.05, 0.1) is 46.8 Å². The molecule has 0 aliphatic heterocycles. The lowest BCUT2D eigenvalue weighted by molar-refractivity contribution is 0.0434. The highest BCUT2D eigenvalue weighted by atomic mass is 35.5. The van der Waals surface area contributed by atoms with Crippen LogP contribution in [0.25, 0.3) is 33.3 Å². The number of rotatable bonds is 4. The first-order valence-corrected chi connectivity index (χ1v) is 10.7. The van der Waals surface area contributed by atoms with Crippen LogP contribution in [0.1, 0.15) is 24.7 Å². The van der Waals surface area contributed by atoms with Gasteiger partial charge in [-0.25, -0.2) is 9.97 Å². The Hall–Kier alpha value is -3.49. The van der Waals surface area contributed by atoms with E-state index in [1.807, 2.05) is 42.1 Å². The lowest BCUT2D eigenvalue weighted by Crippen LogP contribution is -2.30. The lowest BCUT2D eigenvalue weighted by Gasteiger charge is -2.31. The van der Waals surface area contributed by atoms with E-state index in [0.29, 0.717) is 33.2 Å². The molecule has 32 heavy (non-hydrogen) atoms. The van der Waals surface area contributed by atoms with Gasteiger partial charge >= 0.3 is 0 Å².